The molecule has 1 atom stereocenters. The van der Waals surface area contributed by atoms with Gasteiger partial charge in [-0.2, -0.15) is 0 Å². The third kappa shape index (κ3) is 3.63. The van der Waals surface area contributed by atoms with Gasteiger partial charge < -0.3 is 10.6 Å². The van der Waals surface area contributed by atoms with Crippen LogP contribution in [0.1, 0.15) is 31.3 Å². The monoisotopic (exact) mass is 285 g/mol. The van der Waals surface area contributed by atoms with Crippen molar-refractivity contribution in [3.63, 3.8) is 0 Å². The summed E-state index contributed by atoms with van der Waals surface area (Å²) in [4.78, 5) is 9.99. The standard InChI is InChI=1S/C13H17F2N3O2/c14-13(15)11-8-10(18(19)20)3-4-12(11)17-9-2-1-6-16-7-5-9/h3-4,8-9,13,16-17H,1-2,5-7H2. The van der Waals surface area contributed by atoms with Crippen molar-refractivity contribution < 1.29 is 13.7 Å². The van der Waals surface area contributed by atoms with Crippen LogP contribution in [-0.2, 0) is 0 Å². The Balaban J connectivity index is 2.19. The first-order chi connectivity index (χ1) is 9.58. The molecule has 110 valence electrons. The molecule has 1 unspecified atom stereocenters. The first-order valence-electron chi connectivity index (χ1n) is 6.61. The summed E-state index contributed by atoms with van der Waals surface area (Å²) < 4.78 is 26.1. The number of non-ortho nitro benzene ring substituents is 1. The van der Waals surface area contributed by atoms with Crippen LogP contribution in [0.4, 0.5) is 20.2 Å². The van der Waals surface area contributed by atoms with Gasteiger partial charge in [-0.15, -0.1) is 0 Å². The highest BCUT2D eigenvalue weighted by atomic mass is 19.3. The van der Waals surface area contributed by atoms with Crippen molar-refractivity contribution in [3.8, 4) is 0 Å². The number of halogens is 2. The summed E-state index contributed by atoms with van der Waals surface area (Å²) in [7, 11) is 0. The van der Waals surface area contributed by atoms with Crippen molar-refractivity contribution in [2.75, 3.05) is 18.4 Å². The van der Waals surface area contributed by atoms with Crippen LogP contribution in [0.2, 0.25) is 0 Å². The SMILES string of the molecule is O=[N+]([O-])c1ccc(NC2CCCNCC2)c(C(F)F)c1. The van der Waals surface area contributed by atoms with Gasteiger partial charge >= 0.3 is 0 Å². The molecule has 1 aliphatic heterocycles. The van der Waals surface area contributed by atoms with Crippen LogP contribution >= 0.6 is 0 Å². The van der Waals surface area contributed by atoms with Gasteiger partial charge in [0.25, 0.3) is 12.1 Å². The second-order valence-corrected chi connectivity index (χ2v) is 4.85. The van der Waals surface area contributed by atoms with Gasteiger partial charge in [0, 0.05) is 29.4 Å². The molecular formula is C13H17F2N3O2. The predicted octanol–water partition coefficient (Wildman–Crippen LogP) is 3.09. The molecule has 1 aromatic rings. The smallest absolute Gasteiger partial charge is 0.270 e. The summed E-state index contributed by atoms with van der Waals surface area (Å²) >= 11 is 0. The molecule has 0 saturated carbocycles. The lowest BCUT2D eigenvalue weighted by Crippen LogP contribution is -2.22. The predicted molar refractivity (Wildman–Crippen MR) is 72.2 cm³/mol. The Labute approximate surface area is 115 Å². The molecule has 0 aliphatic carbocycles. The fraction of sp³-hybridized carbons (Fsp3) is 0.538. The van der Waals surface area contributed by atoms with Crippen LogP contribution in [-0.4, -0.2) is 24.1 Å². The maximum Gasteiger partial charge on any atom is 0.270 e. The zero-order valence-electron chi connectivity index (χ0n) is 10.9. The molecule has 5 nitrogen and oxygen atoms in total. The fourth-order valence-electron chi connectivity index (χ4n) is 2.36. The summed E-state index contributed by atoms with van der Waals surface area (Å²) in [6.45, 7) is 1.77. The molecule has 1 fully saturated rings. The average molecular weight is 285 g/mol. The molecule has 2 rings (SSSR count). The number of hydrogen-bond acceptors (Lipinski definition) is 4. The van der Waals surface area contributed by atoms with E-state index in [9.17, 15) is 18.9 Å². The van der Waals surface area contributed by atoms with Crippen LogP contribution in [0.15, 0.2) is 18.2 Å². The number of nitrogens with zero attached hydrogens (tertiary/aromatic N) is 1. The van der Waals surface area contributed by atoms with E-state index in [1.165, 1.54) is 12.1 Å². The van der Waals surface area contributed by atoms with E-state index in [0.29, 0.717) is 0 Å². The number of nitrogens with one attached hydrogen (secondary N) is 2. The van der Waals surface area contributed by atoms with Crippen LogP contribution in [0.3, 0.4) is 0 Å². The van der Waals surface area contributed by atoms with Gasteiger partial charge in [0.1, 0.15) is 0 Å². The van der Waals surface area contributed by atoms with Crippen molar-refractivity contribution in [1.82, 2.24) is 5.32 Å². The van der Waals surface area contributed by atoms with Crippen molar-refractivity contribution >= 4 is 11.4 Å². The highest BCUT2D eigenvalue weighted by Gasteiger charge is 2.20. The van der Waals surface area contributed by atoms with E-state index >= 15 is 0 Å². The molecule has 0 radical (unpaired) electrons. The Bertz CT molecular complexity index is 475. The maximum atomic E-state index is 13.0. The number of hydrogen-bond donors (Lipinski definition) is 2. The average Bonchev–Trinajstić information content (AvgIpc) is 2.67. The van der Waals surface area contributed by atoms with E-state index in [1.807, 2.05) is 0 Å². The highest BCUT2D eigenvalue weighted by Crippen LogP contribution is 2.31. The third-order valence-corrected chi connectivity index (χ3v) is 3.42. The van der Waals surface area contributed by atoms with Crippen LogP contribution in [0.5, 0.6) is 0 Å². The number of nitro groups is 1. The molecule has 0 spiro atoms. The van der Waals surface area contributed by atoms with E-state index in [1.54, 1.807) is 0 Å². The summed E-state index contributed by atoms with van der Waals surface area (Å²) in [5.41, 5.74) is -0.331. The van der Waals surface area contributed by atoms with Gasteiger partial charge in [-0.05, 0) is 38.4 Å². The summed E-state index contributed by atoms with van der Waals surface area (Å²) in [6.07, 6.45) is -0.0117. The Hall–Kier alpha value is -1.76. The maximum absolute atomic E-state index is 13.0. The lowest BCUT2D eigenvalue weighted by Gasteiger charge is -2.19. The number of benzene rings is 1. The minimum absolute atomic E-state index is 0.115. The normalized spacial score (nSPS) is 19.6. The van der Waals surface area contributed by atoms with E-state index in [2.05, 4.69) is 10.6 Å². The molecule has 1 aliphatic rings. The Morgan fingerprint density at radius 2 is 2.15 bits per heavy atom. The number of anilines is 1. The van der Waals surface area contributed by atoms with Crippen LogP contribution < -0.4 is 10.6 Å². The summed E-state index contributed by atoms with van der Waals surface area (Å²) in [5.74, 6) is 0. The lowest BCUT2D eigenvalue weighted by molar-refractivity contribution is -0.385. The van der Waals surface area contributed by atoms with Gasteiger partial charge in [-0.25, -0.2) is 8.78 Å². The molecular weight excluding hydrogens is 268 g/mol. The first kappa shape index (κ1) is 14.6. The van der Waals surface area contributed by atoms with Crippen LogP contribution in [0.25, 0.3) is 0 Å². The number of rotatable bonds is 4. The number of nitro benzene ring substituents is 1. The zero-order chi connectivity index (χ0) is 14.5. The Morgan fingerprint density at radius 3 is 2.85 bits per heavy atom. The summed E-state index contributed by atoms with van der Waals surface area (Å²) in [5, 5.41) is 17.0. The molecule has 0 aromatic heterocycles. The quantitative estimate of drug-likeness (QED) is 0.659. The Morgan fingerprint density at radius 1 is 1.35 bits per heavy atom. The molecule has 2 N–H and O–H groups in total. The topological polar surface area (TPSA) is 67.2 Å². The first-order valence-corrected chi connectivity index (χ1v) is 6.61. The van der Waals surface area contributed by atoms with E-state index in [-0.39, 0.29) is 23.0 Å². The van der Waals surface area contributed by atoms with E-state index in [0.717, 1.165) is 38.4 Å². The second-order valence-electron chi connectivity index (χ2n) is 4.85. The molecule has 1 heterocycles. The molecule has 1 aromatic carbocycles. The van der Waals surface area contributed by atoms with E-state index in [4.69, 9.17) is 0 Å². The highest BCUT2D eigenvalue weighted by molar-refractivity contribution is 5.57. The van der Waals surface area contributed by atoms with E-state index < -0.39 is 11.3 Å². The van der Waals surface area contributed by atoms with Gasteiger partial charge in [-0.3, -0.25) is 10.1 Å². The van der Waals surface area contributed by atoms with Crippen molar-refractivity contribution in [2.45, 2.75) is 31.7 Å². The Kier molecular flexibility index (Phi) is 4.84. The molecule has 7 heteroatoms. The minimum Gasteiger partial charge on any atom is -0.382 e. The van der Waals surface area contributed by atoms with Gasteiger partial charge in [0.2, 0.25) is 0 Å². The van der Waals surface area contributed by atoms with Crippen molar-refractivity contribution in [2.24, 2.45) is 0 Å². The van der Waals surface area contributed by atoms with Crippen LogP contribution in [0, 0.1) is 10.1 Å². The molecule has 1 saturated heterocycles. The van der Waals surface area contributed by atoms with Gasteiger partial charge in [0.15, 0.2) is 0 Å². The molecule has 0 amide bonds. The van der Waals surface area contributed by atoms with Gasteiger partial charge in [0.05, 0.1) is 4.92 Å². The third-order valence-electron chi connectivity index (χ3n) is 3.42. The van der Waals surface area contributed by atoms with Crippen molar-refractivity contribution in [3.05, 3.63) is 33.9 Å². The zero-order valence-corrected chi connectivity index (χ0v) is 10.9. The minimum atomic E-state index is -2.73. The largest absolute Gasteiger partial charge is 0.382 e. The van der Waals surface area contributed by atoms with Crippen molar-refractivity contribution in [1.29, 1.82) is 0 Å². The molecule has 20 heavy (non-hydrogen) atoms. The lowest BCUT2D eigenvalue weighted by atomic mass is 10.1. The molecule has 0 bridgehead atoms. The van der Waals surface area contributed by atoms with Gasteiger partial charge in [-0.1, -0.05) is 0 Å². The fourth-order valence-corrected chi connectivity index (χ4v) is 2.36. The number of alkyl halides is 2. The summed E-state index contributed by atoms with van der Waals surface area (Å²) in [6, 6.07) is 3.69. The second kappa shape index (κ2) is 6.60.